The zero-order chi connectivity index (χ0) is 22.5. The number of carbonyl (C=O) groups excluding carboxylic acids is 1. The van der Waals surface area contributed by atoms with Crippen LogP contribution in [-0.2, 0) is 11.3 Å². The van der Waals surface area contributed by atoms with Crippen LogP contribution in [0.15, 0.2) is 46.9 Å². The van der Waals surface area contributed by atoms with Gasteiger partial charge in [0.05, 0.1) is 13.7 Å². The number of carbonyl (C=O) groups is 1. The Hall–Kier alpha value is -3.22. The molecule has 7 heteroatoms. The highest BCUT2D eigenvalue weighted by Crippen LogP contribution is 2.30. The number of piperidine rings is 1. The maximum absolute atomic E-state index is 13.3. The van der Waals surface area contributed by atoms with Crippen LogP contribution in [0.3, 0.4) is 0 Å². The van der Waals surface area contributed by atoms with Crippen molar-refractivity contribution in [2.24, 2.45) is 5.92 Å². The second-order valence-electron chi connectivity index (χ2n) is 8.00. The van der Waals surface area contributed by atoms with Crippen molar-refractivity contribution in [3.63, 3.8) is 0 Å². The molecule has 0 atom stereocenters. The summed E-state index contributed by atoms with van der Waals surface area (Å²) in [4.78, 5) is 21.9. The van der Waals surface area contributed by atoms with Crippen molar-refractivity contribution in [2.75, 3.05) is 38.3 Å². The van der Waals surface area contributed by atoms with Crippen LogP contribution in [-0.4, -0.2) is 49.1 Å². The number of hydrogen-bond donors (Lipinski definition) is 0. The molecule has 0 N–H and O–H groups in total. The molecular formula is C25H31N3O4. The second-order valence-corrected chi connectivity index (χ2v) is 8.00. The second kappa shape index (κ2) is 9.94. The van der Waals surface area contributed by atoms with Gasteiger partial charge in [0.2, 0.25) is 5.91 Å². The van der Waals surface area contributed by atoms with Gasteiger partial charge in [-0.3, -0.25) is 4.79 Å². The van der Waals surface area contributed by atoms with Crippen molar-refractivity contribution in [1.82, 2.24) is 9.88 Å². The molecule has 7 nitrogen and oxygen atoms in total. The van der Waals surface area contributed by atoms with Crippen molar-refractivity contribution in [1.29, 1.82) is 0 Å². The van der Waals surface area contributed by atoms with Gasteiger partial charge in [0, 0.05) is 32.1 Å². The van der Waals surface area contributed by atoms with Crippen LogP contribution in [0.5, 0.6) is 11.5 Å². The molecule has 1 aliphatic rings. The number of aromatic nitrogens is 1. The van der Waals surface area contributed by atoms with Gasteiger partial charge < -0.3 is 23.7 Å². The zero-order valence-corrected chi connectivity index (χ0v) is 19.0. The van der Waals surface area contributed by atoms with E-state index in [-0.39, 0.29) is 11.8 Å². The van der Waals surface area contributed by atoms with Gasteiger partial charge in [-0.05, 0) is 56.5 Å². The van der Waals surface area contributed by atoms with E-state index in [9.17, 15) is 4.79 Å². The summed E-state index contributed by atoms with van der Waals surface area (Å²) in [5, 5.41) is 0. The van der Waals surface area contributed by atoms with Crippen LogP contribution in [0.2, 0.25) is 0 Å². The largest absolute Gasteiger partial charge is 0.493 e. The van der Waals surface area contributed by atoms with Gasteiger partial charge >= 0.3 is 0 Å². The topological polar surface area (TPSA) is 68.0 Å². The fourth-order valence-corrected chi connectivity index (χ4v) is 4.22. The molecule has 0 aliphatic carbocycles. The monoisotopic (exact) mass is 437 g/mol. The van der Waals surface area contributed by atoms with E-state index in [1.54, 1.807) is 7.11 Å². The van der Waals surface area contributed by atoms with E-state index in [4.69, 9.17) is 13.9 Å². The minimum atomic E-state index is 0.0140. The number of para-hydroxylation sites is 2. The Bertz CT molecular complexity index is 1020. The van der Waals surface area contributed by atoms with Crippen molar-refractivity contribution < 1.29 is 18.7 Å². The molecule has 1 saturated heterocycles. The van der Waals surface area contributed by atoms with E-state index in [1.807, 2.05) is 61.2 Å². The first-order valence-corrected chi connectivity index (χ1v) is 11.3. The number of amides is 1. The molecule has 2 aromatic carbocycles. The lowest BCUT2D eigenvalue weighted by atomic mass is 9.95. The van der Waals surface area contributed by atoms with Crippen molar-refractivity contribution >= 4 is 23.0 Å². The predicted molar refractivity (Wildman–Crippen MR) is 124 cm³/mol. The molecule has 1 aliphatic heterocycles. The molecule has 1 amide bonds. The number of ether oxygens (including phenoxy) is 2. The smallest absolute Gasteiger partial charge is 0.298 e. The van der Waals surface area contributed by atoms with Crippen LogP contribution >= 0.6 is 0 Å². The van der Waals surface area contributed by atoms with Gasteiger partial charge in [0.15, 0.2) is 17.1 Å². The van der Waals surface area contributed by atoms with E-state index in [2.05, 4.69) is 9.88 Å². The molecule has 1 fully saturated rings. The Morgan fingerprint density at radius 3 is 2.62 bits per heavy atom. The van der Waals surface area contributed by atoms with Crippen LogP contribution < -0.4 is 14.4 Å². The maximum Gasteiger partial charge on any atom is 0.298 e. The highest BCUT2D eigenvalue weighted by atomic mass is 16.5. The standard InChI is InChI=1S/C25H31N3O4/c1-4-27(17-18-10-11-22(31-5-2)23(16-18)30-3)24(29)19-12-14-28(15-13-19)25-26-20-8-6-7-9-21(20)32-25/h6-11,16,19H,4-5,12-15,17H2,1-3H3. The van der Waals surface area contributed by atoms with E-state index >= 15 is 0 Å². The van der Waals surface area contributed by atoms with Crippen LogP contribution in [0.1, 0.15) is 32.3 Å². The lowest BCUT2D eigenvalue weighted by molar-refractivity contribution is -0.136. The first-order valence-electron chi connectivity index (χ1n) is 11.3. The van der Waals surface area contributed by atoms with E-state index in [1.165, 1.54) is 0 Å². The fourth-order valence-electron chi connectivity index (χ4n) is 4.22. The van der Waals surface area contributed by atoms with Crippen molar-refractivity contribution in [3.05, 3.63) is 48.0 Å². The third-order valence-corrected chi connectivity index (χ3v) is 5.99. The Balaban J connectivity index is 1.38. The molecule has 32 heavy (non-hydrogen) atoms. The molecule has 0 unspecified atom stereocenters. The summed E-state index contributed by atoms with van der Waals surface area (Å²) < 4.78 is 17.0. The first-order chi connectivity index (χ1) is 15.6. The van der Waals surface area contributed by atoms with Gasteiger partial charge in [-0.1, -0.05) is 18.2 Å². The minimum absolute atomic E-state index is 0.0140. The van der Waals surface area contributed by atoms with Gasteiger partial charge in [0.25, 0.3) is 6.01 Å². The first kappa shape index (κ1) is 22.0. The van der Waals surface area contributed by atoms with Crippen LogP contribution in [0, 0.1) is 5.92 Å². The SMILES string of the molecule is CCOc1ccc(CN(CC)C(=O)C2CCN(c3nc4ccccc4o3)CC2)cc1OC. The highest BCUT2D eigenvalue weighted by Gasteiger charge is 2.30. The number of oxazole rings is 1. The lowest BCUT2D eigenvalue weighted by Gasteiger charge is -2.33. The molecule has 170 valence electrons. The summed E-state index contributed by atoms with van der Waals surface area (Å²) in [6.07, 6.45) is 1.58. The molecular weight excluding hydrogens is 406 g/mol. The van der Waals surface area contributed by atoms with E-state index in [0.29, 0.717) is 31.5 Å². The number of benzene rings is 2. The summed E-state index contributed by atoms with van der Waals surface area (Å²) >= 11 is 0. The van der Waals surface area contributed by atoms with Crippen molar-refractivity contribution in [3.8, 4) is 11.5 Å². The summed E-state index contributed by atoms with van der Waals surface area (Å²) in [6.45, 7) is 7.30. The van der Waals surface area contributed by atoms with Gasteiger partial charge in [-0.25, -0.2) is 0 Å². The van der Waals surface area contributed by atoms with Crippen molar-refractivity contribution in [2.45, 2.75) is 33.2 Å². The van der Waals surface area contributed by atoms with Gasteiger partial charge in [-0.15, -0.1) is 0 Å². The third kappa shape index (κ3) is 4.66. The van der Waals surface area contributed by atoms with Crippen LogP contribution in [0.25, 0.3) is 11.1 Å². The highest BCUT2D eigenvalue weighted by molar-refractivity contribution is 5.79. The summed E-state index contributed by atoms with van der Waals surface area (Å²) in [5.74, 6) is 1.64. The number of hydrogen-bond acceptors (Lipinski definition) is 6. The summed E-state index contributed by atoms with van der Waals surface area (Å²) in [5.41, 5.74) is 2.69. The number of methoxy groups -OCH3 is 1. The molecule has 1 aromatic heterocycles. The normalized spacial score (nSPS) is 14.5. The van der Waals surface area contributed by atoms with E-state index < -0.39 is 0 Å². The van der Waals surface area contributed by atoms with E-state index in [0.717, 1.165) is 48.3 Å². The Labute approximate surface area is 188 Å². The molecule has 0 bridgehead atoms. The average molecular weight is 438 g/mol. The summed E-state index contributed by atoms with van der Waals surface area (Å²) in [7, 11) is 1.63. The number of fused-ring (bicyclic) bond motifs is 1. The molecule has 2 heterocycles. The fraction of sp³-hybridized carbons (Fsp3) is 0.440. The lowest BCUT2D eigenvalue weighted by Crippen LogP contribution is -2.42. The number of rotatable bonds is 8. The molecule has 0 spiro atoms. The molecule has 0 saturated carbocycles. The quantitative estimate of drug-likeness (QED) is 0.517. The Morgan fingerprint density at radius 1 is 1.16 bits per heavy atom. The minimum Gasteiger partial charge on any atom is -0.493 e. The predicted octanol–water partition coefficient (Wildman–Crippen LogP) is 4.50. The third-order valence-electron chi connectivity index (χ3n) is 5.99. The zero-order valence-electron chi connectivity index (χ0n) is 19.0. The average Bonchev–Trinajstić information content (AvgIpc) is 3.27. The summed E-state index contributed by atoms with van der Waals surface area (Å²) in [6, 6.07) is 14.3. The van der Waals surface area contributed by atoms with Gasteiger partial charge in [-0.2, -0.15) is 4.98 Å². The Morgan fingerprint density at radius 2 is 1.94 bits per heavy atom. The molecule has 4 rings (SSSR count). The van der Waals surface area contributed by atoms with Crippen LogP contribution in [0.4, 0.5) is 6.01 Å². The Kier molecular flexibility index (Phi) is 6.83. The number of nitrogens with zero attached hydrogens (tertiary/aromatic N) is 3. The number of anilines is 1. The molecule has 0 radical (unpaired) electrons. The maximum atomic E-state index is 13.3. The molecule has 3 aromatic rings. The van der Waals surface area contributed by atoms with Gasteiger partial charge in [0.1, 0.15) is 5.52 Å².